The van der Waals surface area contributed by atoms with Crippen LogP contribution in [-0.4, -0.2) is 22.8 Å². The van der Waals surface area contributed by atoms with Gasteiger partial charge in [-0.1, -0.05) is 6.07 Å². The van der Waals surface area contributed by atoms with Crippen LogP contribution in [0.2, 0.25) is 0 Å². The molecule has 0 aromatic carbocycles. The van der Waals surface area contributed by atoms with E-state index in [4.69, 9.17) is 4.42 Å². The average Bonchev–Trinajstić information content (AvgIpc) is 2.88. The molecule has 0 spiro atoms. The number of rotatable bonds is 7. The van der Waals surface area contributed by atoms with Gasteiger partial charge in [0.1, 0.15) is 0 Å². The first-order valence-electron chi connectivity index (χ1n) is 6.47. The van der Waals surface area contributed by atoms with Gasteiger partial charge in [-0.3, -0.25) is 0 Å². The molecule has 3 rings (SSSR count). The summed E-state index contributed by atoms with van der Waals surface area (Å²) < 4.78 is 5.64. The van der Waals surface area contributed by atoms with Crippen LogP contribution < -0.4 is 5.32 Å². The molecule has 5 heteroatoms. The van der Waals surface area contributed by atoms with E-state index in [0.717, 1.165) is 43.6 Å². The van der Waals surface area contributed by atoms with Crippen LogP contribution in [-0.2, 0) is 12.8 Å². The van der Waals surface area contributed by atoms with Crippen LogP contribution in [0.5, 0.6) is 0 Å². The Kier molecular flexibility index (Phi) is 3.71. The summed E-state index contributed by atoms with van der Waals surface area (Å²) in [5, 5.41) is 13.7. The van der Waals surface area contributed by atoms with Crippen molar-refractivity contribution in [3.63, 3.8) is 0 Å². The van der Waals surface area contributed by atoms with Gasteiger partial charge < -0.3 is 9.73 Å². The van der Waals surface area contributed by atoms with Crippen LogP contribution in [0.15, 0.2) is 21.9 Å². The summed E-state index contributed by atoms with van der Waals surface area (Å²) in [4.78, 5) is 1.26. The van der Waals surface area contributed by atoms with Crippen LogP contribution in [0.25, 0.3) is 0 Å². The molecule has 1 aliphatic rings. The first-order valence-corrected chi connectivity index (χ1v) is 7.35. The van der Waals surface area contributed by atoms with Crippen molar-refractivity contribution in [2.24, 2.45) is 0 Å². The molecular formula is C13H17N3OS. The summed E-state index contributed by atoms with van der Waals surface area (Å²) in [5.41, 5.74) is 0. The van der Waals surface area contributed by atoms with Crippen LogP contribution >= 0.6 is 11.3 Å². The van der Waals surface area contributed by atoms with Gasteiger partial charge in [0.05, 0.1) is 6.42 Å². The Morgan fingerprint density at radius 1 is 1.33 bits per heavy atom. The van der Waals surface area contributed by atoms with Gasteiger partial charge in [0, 0.05) is 17.3 Å². The molecule has 1 saturated carbocycles. The van der Waals surface area contributed by atoms with Crippen molar-refractivity contribution < 1.29 is 4.42 Å². The third-order valence-electron chi connectivity index (χ3n) is 2.99. The Balaban J connectivity index is 1.43. The lowest BCUT2D eigenvalue weighted by molar-refractivity contribution is 0.449. The second-order valence-corrected chi connectivity index (χ2v) is 5.71. The van der Waals surface area contributed by atoms with Gasteiger partial charge in [0.2, 0.25) is 11.8 Å². The Bertz CT molecular complexity index is 476. The van der Waals surface area contributed by atoms with Gasteiger partial charge in [-0.25, -0.2) is 0 Å². The number of nitrogens with zero attached hydrogens (tertiary/aromatic N) is 2. The van der Waals surface area contributed by atoms with Gasteiger partial charge in [-0.2, -0.15) is 0 Å². The van der Waals surface area contributed by atoms with E-state index in [1.54, 1.807) is 11.3 Å². The molecular weight excluding hydrogens is 246 g/mol. The molecule has 2 aromatic rings. The fourth-order valence-corrected chi connectivity index (χ4v) is 2.55. The third kappa shape index (κ3) is 3.40. The summed E-state index contributed by atoms with van der Waals surface area (Å²) in [6.07, 6.45) is 5.37. The fraction of sp³-hybridized carbons (Fsp3) is 0.538. The van der Waals surface area contributed by atoms with E-state index in [1.165, 1.54) is 17.7 Å². The molecule has 0 bridgehead atoms. The van der Waals surface area contributed by atoms with Crippen LogP contribution in [0.1, 0.15) is 35.9 Å². The molecule has 96 valence electrons. The zero-order valence-corrected chi connectivity index (χ0v) is 11.1. The van der Waals surface area contributed by atoms with E-state index >= 15 is 0 Å². The maximum atomic E-state index is 5.64. The smallest absolute Gasteiger partial charge is 0.221 e. The van der Waals surface area contributed by atoms with E-state index in [2.05, 4.69) is 27.0 Å². The molecule has 0 saturated heterocycles. The SMILES string of the molecule is c1csc(Cc2nnc(CCCNC3CC3)o2)c1. The van der Waals surface area contributed by atoms with E-state index in [0.29, 0.717) is 0 Å². The molecule has 0 radical (unpaired) electrons. The zero-order valence-electron chi connectivity index (χ0n) is 10.3. The Hall–Kier alpha value is -1.20. The Morgan fingerprint density at radius 3 is 3.00 bits per heavy atom. The molecule has 4 nitrogen and oxygen atoms in total. The molecule has 1 fully saturated rings. The van der Waals surface area contributed by atoms with Crippen molar-refractivity contribution in [1.82, 2.24) is 15.5 Å². The van der Waals surface area contributed by atoms with E-state index in [1.807, 2.05) is 6.07 Å². The summed E-state index contributed by atoms with van der Waals surface area (Å²) in [6.45, 7) is 1.05. The largest absolute Gasteiger partial charge is 0.425 e. The summed E-state index contributed by atoms with van der Waals surface area (Å²) in [7, 11) is 0. The number of aryl methyl sites for hydroxylation is 1. The predicted molar refractivity (Wildman–Crippen MR) is 70.8 cm³/mol. The maximum absolute atomic E-state index is 5.64. The number of thiophene rings is 1. The van der Waals surface area contributed by atoms with Gasteiger partial charge in [-0.15, -0.1) is 21.5 Å². The van der Waals surface area contributed by atoms with E-state index < -0.39 is 0 Å². The predicted octanol–water partition coefficient (Wildman–Crippen LogP) is 2.41. The van der Waals surface area contributed by atoms with Crippen molar-refractivity contribution in [2.75, 3.05) is 6.54 Å². The standard InChI is InChI=1S/C13H17N3OS/c1(7-14-10-5-6-10)4-12-15-16-13(17-12)9-11-3-2-8-18-11/h2-3,8,10,14H,1,4-7,9H2. The van der Waals surface area contributed by atoms with Crippen molar-refractivity contribution in [1.29, 1.82) is 0 Å². The normalized spacial score (nSPS) is 15.1. The molecule has 1 N–H and O–H groups in total. The Morgan fingerprint density at radius 2 is 2.22 bits per heavy atom. The highest BCUT2D eigenvalue weighted by atomic mass is 32.1. The highest BCUT2D eigenvalue weighted by molar-refractivity contribution is 7.09. The van der Waals surface area contributed by atoms with Crippen molar-refractivity contribution in [2.45, 2.75) is 38.1 Å². The number of nitrogens with one attached hydrogen (secondary N) is 1. The van der Waals surface area contributed by atoms with Gasteiger partial charge in [-0.05, 0) is 37.3 Å². The van der Waals surface area contributed by atoms with Crippen LogP contribution in [0.3, 0.4) is 0 Å². The minimum atomic E-state index is 0.725. The molecule has 1 aliphatic carbocycles. The first-order chi connectivity index (χ1) is 8.90. The van der Waals surface area contributed by atoms with Gasteiger partial charge >= 0.3 is 0 Å². The average molecular weight is 263 g/mol. The lowest BCUT2D eigenvalue weighted by Gasteiger charge is -1.99. The molecule has 0 aliphatic heterocycles. The second kappa shape index (κ2) is 5.63. The van der Waals surface area contributed by atoms with Crippen molar-refractivity contribution in [3.05, 3.63) is 34.2 Å². The highest BCUT2D eigenvalue weighted by Gasteiger charge is 2.19. The number of aromatic nitrogens is 2. The summed E-state index contributed by atoms with van der Waals surface area (Å²) in [5.74, 6) is 1.49. The van der Waals surface area contributed by atoms with Gasteiger partial charge in [0.15, 0.2) is 0 Å². The lowest BCUT2D eigenvalue weighted by Crippen LogP contribution is -2.17. The molecule has 2 aromatic heterocycles. The second-order valence-electron chi connectivity index (χ2n) is 4.68. The minimum absolute atomic E-state index is 0.725. The van der Waals surface area contributed by atoms with E-state index in [9.17, 15) is 0 Å². The fourth-order valence-electron chi connectivity index (χ4n) is 1.86. The molecule has 0 atom stereocenters. The molecule has 0 amide bonds. The Labute approximate surface area is 110 Å². The van der Waals surface area contributed by atoms with Crippen LogP contribution in [0, 0.1) is 0 Å². The van der Waals surface area contributed by atoms with Crippen LogP contribution in [0.4, 0.5) is 0 Å². The van der Waals surface area contributed by atoms with Gasteiger partial charge in [0.25, 0.3) is 0 Å². The maximum Gasteiger partial charge on any atom is 0.221 e. The van der Waals surface area contributed by atoms with E-state index in [-0.39, 0.29) is 0 Å². The minimum Gasteiger partial charge on any atom is -0.425 e. The number of hydrogen-bond donors (Lipinski definition) is 1. The summed E-state index contributed by atoms with van der Waals surface area (Å²) in [6, 6.07) is 4.91. The molecule has 2 heterocycles. The first kappa shape index (κ1) is 11.9. The highest BCUT2D eigenvalue weighted by Crippen LogP contribution is 2.18. The number of hydrogen-bond acceptors (Lipinski definition) is 5. The quantitative estimate of drug-likeness (QED) is 0.779. The topological polar surface area (TPSA) is 51.0 Å². The van der Waals surface area contributed by atoms with Crippen molar-refractivity contribution >= 4 is 11.3 Å². The van der Waals surface area contributed by atoms with Crippen molar-refractivity contribution in [3.8, 4) is 0 Å². The third-order valence-corrected chi connectivity index (χ3v) is 3.87. The lowest BCUT2D eigenvalue weighted by atomic mass is 10.3. The zero-order chi connectivity index (χ0) is 12.2. The monoisotopic (exact) mass is 263 g/mol. The molecule has 0 unspecified atom stereocenters. The molecule has 18 heavy (non-hydrogen) atoms. The summed E-state index contributed by atoms with van der Waals surface area (Å²) >= 11 is 1.72.